The molecule has 1 aromatic rings. The van der Waals surface area contributed by atoms with Gasteiger partial charge in [0, 0.05) is 6.20 Å². The lowest BCUT2D eigenvalue weighted by molar-refractivity contribution is 1.22. The van der Waals surface area contributed by atoms with Crippen molar-refractivity contribution >= 4 is 18.2 Å². The molecule has 1 aromatic heterocycles. The Morgan fingerprint density at radius 3 is 3.00 bits per heavy atom. The van der Waals surface area contributed by atoms with Crippen molar-refractivity contribution in [2.45, 2.75) is 0 Å². The van der Waals surface area contributed by atoms with Gasteiger partial charge in [0.1, 0.15) is 5.69 Å². The van der Waals surface area contributed by atoms with Crippen molar-refractivity contribution in [3.05, 3.63) is 18.3 Å². The lowest BCUT2D eigenvalue weighted by Gasteiger charge is -1.99. The van der Waals surface area contributed by atoms with Gasteiger partial charge in [0.2, 0.25) is 0 Å². The molecule has 4 heteroatoms. The standard InChI is InChI=1S/C6H8N4/c1-8-5-3-2-4-9-6(5)10-7/h2-4H,1,7H2,(H,9,10). The average molecular weight is 136 g/mol. The smallest absolute Gasteiger partial charge is 0.166 e. The molecule has 52 valence electrons. The van der Waals surface area contributed by atoms with Crippen molar-refractivity contribution in [3.8, 4) is 0 Å². The van der Waals surface area contributed by atoms with Crippen molar-refractivity contribution in [1.29, 1.82) is 0 Å². The van der Waals surface area contributed by atoms with Gasteiger partial charge in [-0.15, -0.1) is 0 Å². The second kappa shape index (κ2) is 2.93. The summed E-state index contributed by atoms with van der Waals surface area (Å²) in [5, 5.41) is 0. The summed E-state index contributed by atoms with van der Waals surface area (Å²) in [6.07, 6.45) is 1.63. The minimum Gasteiger partial charge on any atom is -0.307 e. The topological polar surface area (TPSA) is 63.3 Å². The molecule has 10 heavy (non-hydrogen) atoms. The summed E-state index contributed by atoms with van der Waals surface area (Å²) in [6.45, 7) is 3.35. The number of nitrogens with two attached hydrogens (primary N) is 1. The molecule has 3 N–H and O–H groups in total. The van der Waals surface area contributed by atoms with Crippen LogP contribution in [-0.2, 0) is 0 Å². The maximum Gasteiger partial charge on any atom is 0.166 e. The van der Waals surface area contributed by atoms with Gasteiger partial charge in [0.05, 0.1) is 0 Å². The number of rotatable bonds is 2. The van der Waals surface area contributed by atoms with Gasteiger partial charge in [0.15, 0.2) is 5.82 Å². The van der Waals surface area contributed by atoms with E-state index in [0.717, 1.165) is 0 Å². The largest absolute Gasteiger partial charge is 0.307 e. The normalized spacial score (nSPS) is 8.90. The Labute approximate surface area is 58.8 Å². The van der Waals surface area contributed by atoms with E-state index in [2.05, 4.69) is 22.1 Å². The Hall–Kier alpha value is -1.42. The summed E-state index contributed by atoms with van der Waals surface area (Å²) in [6, 6.07) is 3.54. The number of pyridine rings is 1. The van der Waals surface area contributed by atoms with Gasteiger partial charge in [0.25, 0.3) is 0 Å². The molecule has 0 saturated heterocycles. The van der Waals surface area contributed by atoms with E-state index < -0.39 is 0 Å². The third kappa shape index (κ3) is 1.11. The second-order valence-corrected chi connectivity index (χ2v) is 1.67. The first-order valence-corrected chi connectivity index (χ1v) is 2.77. The van der Waals surface area contributed by atoms with Gasteiger partial charge >= 0.3 is 0 Å². The molecule has 0 unspecified atom stereocenters. The van der Waals surface area contributed by atoms with E-state index in [1.807, 2.05) is 0 Å². The van der Waals surface area contributed by atoms with Crippen molar-refractivity contribution in [2.24, 2.45) is 10.8 Å². The number of hydrogen-bond donors (Lipinski definition) is 2. The first-order chi connectivity index (χ1) is 4.88. The maximum atomic E-state index is 5.13. The molecule has 4 nitrogen and oxygen atoms in total. The van der Waals surface area contributed by atoms with E-state index in [9.17, 15) is 0 Å². The molecule has 0 aliphatic rings. The zero-order valence-electron chi connectivity index (χ0n) is 5.41. The van der Waals surface area contributed by atoms with Gasteiger partial charge in [-0.05, 0) is 18.9 Å². The van der Waals surface area contributed by atoms with Crippen LogP contribution in [0.15, 0.2) is 23.3 Å². The Morgan fingerprint density at radius 1 is 1.70 bits per heavy atom. The molecular formula is C6H8N4. The van der Waals surface area contributed by atoms with E-state index in [-0.39, 0.29) is 0 Å². The monoisotopic (exact) mass is 136 g/mol. The van der Waals surface area contributed by atoms with Crippen LogP contribution in [0.5, 0.6) is 0 Å². The van der Waals surface area contributed by atoms with Crippen molar-refractivity contribution in [2.75, 3.05) is 5.43 Å². The zero-order chi connectivity index (χ0) is 7.40. The Balaban J connectivity index is 3.08. The fraction of sp³-hybridized carbons (Fsp3) is 0. The number of nitrogens with one attached hydrogen (secondary N) is 1. The van der Waals surface area contributed by atoms with Gasteiger partial charge in [-0.25, -0.2) is 10.8 Å². The summed E-state index contributed by atoms with van der Waals surface area (Å²) in [5.41, 5.74) is 3.06. The quantitative estimate of drug-likeness (QED) is 0.357. The van der Waals surface area contributed by atoms with E-state index in [1.54, 1.807) is 18.3 Å². The molecule has 0 aromatic carbocycles. The maximum absolute atomic E-state index is 5.13. The summed E-state index contributed by atoms with van der Waals surface area (Å²) in [4.78, 5) is 7.58. The first kappa shape index (κ1) is 6.70. The van der Waals surface area contributed by atoms with Crippen molar-refractivity contribution in [1.82, 2.24) is 4.98 Å². The van der Waals surface area contributed by atoms with Gasteiger partial charge in [-0.3, -0.25) is 4.99 Å². The minimum atomic E-state index is 0.539. The van der Waals surface area contributed by atoms with Gasteiger partial charge in [-0.1, -0.05) is 0 Å². The van der Waals surface area contributed by atoms with Crippen LogP contribution in [0.4, 0.5) is 11.5 Å². The molecule has 0 bridgehead atoms. The fourth-order valence-electron chi connectivity index (χ4n) is 0.636. The number of hydrazine groups is 1. The van der Waals surface area contributed by atoms with Crippen LogP contribution in [0.2, 0.25) is 0 Å². The van der Waals surface area contributed by atoms with Crippen LogP contribution in [0.25, 0.3) is 0 Å². The lowest BCUT2D eigenvalue weighted by Crippen LogP contribution is -2.08. The molecule has 0 aliphatic heterocycles. The number of anilines is 1. The molecule has 1 heterocycles. The minimum absolute atomic E-state index is 0.539. The highest BCUT2D eigenvalue weighted by atomic mass is 15.3. The second-order valence-electron chi connectivity index (χ2n) is 1.67. The molecule has 1 rings (SSSR count). The Kier molecular flexibility index (Phi) is 1.96. The third-order valence-corrected chi connectivity index (χ3v) is 1.09. The number of hydrogen-bond acceptors (Lipinski definition) is 4. The first-order valence-electron chi connectivity index (χ1n) is 2.77. The molecule has 0 saturated carbocycles. The average Bonchev–Trinajstić information content (AvgIpc) is 2.04. The van der Waals surface area contributed by atoms with Crippen LogP contribution in [0, 0.1) is 0 Å². The summed E-state index contributed by atoms with van der Waals surface area (Å²) in [5.74, 6) is 5.67. The van der Waals surface area contributed by atoms with E-state index in [1.165, 1.54) is 0 Å². The van der Waals surface area contributed by atoms with Crippen LogP contribution in [0.3, 0.4) is 0 Å². The highest BCUT2D eigenvalue weighted by molar-refractivity contribution is 5.62. The fourth-order valence-corrected chi connectivity index (χ4v) is 0.636. The predicted molar refractivity (Wildman–Crippen MR) is 41.3 cm³/mol. The van der Waals surface area contributed by atoms with Crippen LogP contribution >= 0.6 is 0 Å². The molecule has 0 fully saturated rings. The predicted octanol–water partition coefficient (Wildman–Crippen LogP) is 0.699. The Morgan fingerprint density at radius 2 is 2.50 bits per heavy atom. The van der Waals surface area contributed by atoms with E-state index in [4.69, 9.17) is 5.84 Å². The third-order valence-electron chi connectivity index (χ3n) is 1.09. The summed E-state index contributed by atoms with van der Waals surface area (Å²) < 4.78 is 0. The number of aliphatic imine (C=N–C) groups is 1. The molecule has 0 atom stereocenters. The van der Waals surface area contributed by atoms with Crippen LogP contribution in [0.1, 0.15) is 0 Å². The molecular weight excluding hydrogens is 128 g/mol. The zero-order valence-corrected chi connectivity index (χ0v) is 5.41. The molecule has 0 radical (unpaired) electrons. The number of aromatic nitrogens is 1. The highest BCUT2D eigenvalue weighted by Gasteiger charge is 1.95. The molecule has 0 aliphatic carbocycles. The van der Waals surface area contributed by atoms with Crippen molar-refractivity contribution in [3.63, 3.8) is 0 Å². The highest BCUT2D eigenvalue weighted by Crippen LogP contribution is 2.18. The number of nitrogen functional groups attached to an aromatic ring is 1. The summed E-state index contributed by atoms with van der Waals surface area (Å²) >= 11 is 0. The molecule has 0 amide bonds. The van der Waals surface area contributed by atoms with Gasteiger partial charge in [-0.2, -0.15) is 0 Å². The van der Waals surface area contributed by atoms with Crippen LogP contribution in [-0.4, -0.2) is 11.7 Å². The SMILES string of the molecule is C=Nc1cccnc1NN. The van der Waals surface area contributed by atoms with E-state index >= 15 is 0 Å². The van der Waals surface area contributed by atoms with E-state index in [0.29, 0.717) is 11.5 Å². The van der Waals surface area contributed by atoms with Crippen molar-refractivity contribution < 1.29 is 0 Å². The van der Waals surface area contributed by atoms with Crippen LogP contribution < -0.4 is 11.3 Å². The number of nitrogens with zero attached hydrogens (tertiary/aromatic N) is 2. The van der Waals surface area contributed by atoms with Gasteiger partial charge < -0.3 is 5.43 Å². The summed E-state index contributed by atoms with van der Waals surface area (Å²) in [7, 11) is 0. The lowest BCUT2D eigenvalue weighted by atomic mass is 10.4. The molecule has 0 spiro atoms. The Bertz CT molecular complexity index is 233.